The molecule has 21 heavy (non-hydrogen) atoms. The van der Waals surface area contributed by atoms with E-state index in [0.29, 0.717) is 13.2 Å². The van der Waals surface area contributed by atoms with Gasteiger partial charge in [-0.1, -0.05) is 60.7 Å². The van der Waals surface area contributed by atoms with E-state index in [1.165, 1.54) is 5.56 Å². The molecule has 0 bridgehead atoms. The average molecular weight is 301 g/mol. The second-order valence-corrected chi connectivity index (χ2v) is 5.63. The molecule has 0 aromatic heterocycles. The van der Waals surface area contributed by atoms with Crippen LogP contribution in [0.5, 0.6) is 0 Å². The van der Waals surface area contributed by atoms with Crippen LogP contribution in [0.2, 0.25) is 0 Å². The number of nitrogens with one attached hydrogen (secondary N) is 1. The summed E-state index contributed by atoms with van der Waals surface area (Å²) in [6.07, 6.45) is -0.362. The fourth-order valence-corrected chi connectivity index (χ4v) is 2.58. The van der Waals surface area contributed by atoms with Crippen molar-refractivity contribution >= 4 is 17.9 Å². The Hall–Kier alpha value is -1.94. The highest BCUT2D eigenvalue weighted by Crippen LogP contribution is 2.10. The summed E-state index contributed by atoms with van der Waals surface area (Å²) in [7, 11) is 0. The summed E-state index contributed by atoms with van der Waals surface area (Å²) in [6, 6.07) is 20.0. The molecule has 0 heterocycles. The Labute approximate surface area is 129 Å². The summed E-state index contributed by atoms with van der Waals surface area (Å²) < 4.78 is 5.13. The van der Waals surface area contributed by atoms with Gasteiger partial charge in [-0.25, -0.2) is 4.79 Å². The van der Waals surface area contributed by atoms with Crippen molar-refractivity contribution in [1.29, 1.82) is 0 Å². The van der Waals surface area contributed by atoms with Gasteiger partial charge in [-0.2, -0.15) is 11.8 Å². The Morgan fingerprint density at radius 3 is 2.24 bits per heavy atom. The van der Waals surface area contributed by atoms with Crippen molar-refractivity contribution in [3.63, 3.8) is 0 Å². The lowest BCUT2D eigenvalue weighted by Crippen LogP contribution is -2.26. The number of alkyl carbamates (subject to hydrolysis) is 1. The van der Waals surface area contributed by atoms with Gasteiger partial charge in [0, 0.05) is 18.1 Å². The van der Waals surface area contributed by atoms with Crippen molar-refractivity contribution in [1.82, 2.24) is 5.32 Å². The first-order valence-electron chi connectivity index (χ1n) is 6.91. The third kappa shape index (κ3) is 6.36. The van der Waals surface area contributed by atoms with E-state index >= 15 is 0 Å². The molecule has 0 saturated heterocycles. The predicted octanol–water partition coefficient (Wildman–Crippen LogP) is 3.85. The van der Waals surface area contributed by atoms with Gasteiger partial charge in [0.1, 0.15) is 6.61 Å². The molecule has 0 spiro atoms. The number of benzene rings is 2. The summed E-state index contributed by atoms with van der Waals surface area (Å²) in [4.78, 5) is 11.5. The Morgan fingerprint density at radius 2 is 1.57 bits per heavy atom. The van der Waals surface area contributed by atoms with Crippen LogP contribution in [0.1, 0.15) is 11.1 Å². The molecule has 0 radical (unpaired) electrons. The van der Waals surface area contributed by atoms with Crippen LogP contribution in [-0.4, -0.2) is 18.4 Å². The second-order valence-electron chi connectivity index (χ2n) is 4.53. The van der Waals surface area contributed by atoms with Crippen molar-refractivity contribution in [3.8, 4) is 0 Å². The Bertz CT molecular complexity index is 531. The minimum atomic E-state index is -0.362. The van der Waals surface area contributed by atoms with E-state index in [-0.39, 0.29) is 6.09 Å². The average Bonchev–Trinajstić information content (AvgIpc) is 2.54. The van der Waals surface area contributed by atoms with Gasteiger partial charge in [0.25, 0.3) is 0 Å². The minimum Gasteiger partial charge on any atom is -0.445 e. The maximum absolute atomic E-state index is 11.5. The molecular weight excluding hydrogens is 282 g/mol. The molecule has 0 aliphatic rings. The van der Waals surface area contributed by atoms with Gasteiger partial charge in [0.2, 0.25) is 0 Å². The molecule has 4 heteroatoms. The Balaban J connectivity index is 1.53. The number of thioether (sulfide) groups is 1. The van der Waals surface area contributed by atoms with Crippen molar-refractivity contribution < 1.29 is 9.53 Å². The number of carbonyl (C=O) groups is 1. The van der Waals surface area contributed by atoms with E-state index in [9.17, 15) is 4.79 Å². The molecule has 0 aliphatic heterocycles. The molecule has 0 fully saturated rings. The lowest BCUT2D eigenvalue weighted by atomic mass is 10.2. The van der Waals surface area contributed by atoms with E-state index in [2.05, 4.69) is 17.4 Å². The van der Waals surface area contributed by atoms with E-state index in [0.717, 1.165) is 17.1 Å². The van der Waals surface area contributed by atoms with Gasteiger partial charge >= 0.3 is 6.09 Å². The van der Waals surface area contributed by atoms with Crippen molar-refractivity contribution in [3.05, 3.63) is 71.8 Å². The van der Waals surface area contributed by atoms with Gasteiger partial charge in [-0.3, -0.25) is 0 Å². The first kappa shape index (κ1) is 15.4. The first-order valence-corrected chi connectivity index (χ1v) is 8.06. The van der Waals surface area contributed by atoms with Crippen LogP contribution in [0.3, 0.4) is 0 Å². The largest absolute Gasteiger partial charge is 0.445 e. The minimum absolute atomic E-state index is 0.309. The summed E-state index contributed by atoms with van der Waals surface area (Å²) in [5.41, 5.74) is 2.29. The summed E-state index contributed by atoms with van der Waals surface area (Å²) in [5.74, 6) is 1.83. The van der Waals surface area contributed by atoms with Gasteiger partial charge < -0.3 is 10.1 Å². The number of ether oxygens (including phenoxy) is 1. The van der Waals surface area contributed by atoms with Gasteiger partial charge in [-0.15, -0.1) is 0 Å². The van der Waals surface area contributed by atoms with Crippen molar-refractivity contribution in [2.24, 2.45) is 0 Å². The van der Waals surface area contributed by atoms with E-state index < -0.39 is 0 Å². The number of hydrogen-bond donors (Lipinski definition) is 1. The molecule has 3 nitrogen and oxygen atoms in total. The van der Waals surface area contributed by atoms with E-state index in [4.69, 9.17) is 4.74 Å². The lowest BCUT2D eigenvalue weighted by Gasteiger charge is -2.07. The predicted molar refractivity (Wildman–Crippen MR) is 87.2 cm³/mol. The highest BCUT2D eigenvalue weighted by Gasteiger charge is 2.01. The molecule has 110 valence electrons. The number of rotatable bonds is 7. The van der Waals surface area contributed by atoms with E-state index in [1.807, 2.05) is 48.5 Å². The van der Waals surface area contributed by atoms with Crippen LogP contribution in [0.4, 0.5) is 4.79 Å². The van der Waals surface area contributed by atoms with Crippen molar-refractivity contribution in [2.75, 3.05) is 12.3 Å². The van der Waals surface area contributed by atoms with Crippen LogP contribution in [0.15, 0.2) is 60.7 Å². The molecule has 1 amide bonds. The first-order chi connectivity index (χ1) is 10.3. The Morgan fingerprint density at radius 1 is 0.952 bits per heavy atom. The maximum atomic E-state index is 11.5. The van der Waals surface area contributed by atoms with Crippen LogP contribution in [0.25, 0.3) is 0 Å². The fourth-order valence-electron chi connectivity index (χ4n) is 1.76. The number of amides is 1. The van der Waals surface area contributed by atoms with E-state index in [1.54, 1.807) is 11.8 Å². The van der Waals surface area contributed by atoms with Gasteiger partial charge in [0.05, 0.1) is 0 Å². The molecule has 2 aromatic rings. The molecule has 2 aromatic carbocycles. The second kappa shape index (κ2) is 9.08. The molecule has 0 aliphatic carbocycles. The lowest BCUT2D eigenvalue weighted by molar-refractivity contribution is 0.140. The number of carbonyl (C=O) groups excluding carboxylic acids is 1. The summed E-state index contributed by atoms with van der Waals surface area (Å²) >= 11 is 1.79. The summed E-state index contributed by atoms with van der Waals surface area (Å²) in [5, 5.41) is 2.76. The zero-order valence-electron chi connectivity index (χ0n) is 11.8. The van der Waals surface area contributed by atoms with Gasteiger partial charge in [0.15, 0.2) is 0 Å². The molecule has 1 N–H and O–H groups in total. The van der Waals surface area contributed by atoms with Crippen LogP contribution >= 0.6 is 11.8 Å². The topological polar surface area (TPSA) is 38.3 Å². The van der Waals surface area contributed by atoms with Gasteiger partial charge in [-0.05, 0) is 11.1 Å². The standard InChI is InChI=1S/C17H19NO2S/c19-17(20-13-15-7-3-1-4-8-15)18-11-12-21-14-16-9-5-2-6-10-16/h1-10H,11-14H2,(H,18,19). The SMILES string of the molecule is O=C(NCCSCc1ccccc1)OCc1ccccc1. The maximum Gasteiger partial charge on any atom is 0.407 e. The molecule has 2 rings (SSSR count). The third-order valence-corrected chi connectivity index (χ3v) is 3.87. The summed E-state index contributed by atoms with van der Waals surface area (Å²) in [6.45, 7) is 0.926. The van der Waals surface area contributed by atoms with Crippen LogP contribution < -0.4 is 5.32 Å². The fraction of sp³-hybridized carbons (Fsp3) is 0.235. The normalized spacial score (nSPS) is 10.1. The molecular formula is C17H19NO2S. The Kier molecular flexibility index (Phi) is 6.68. The molecule has 0 atom stereocenters. The van der Waals surface area contributed by atoms with Crippen LogP contribution in [-0.2, 0) is 17.1 Å². The molecule has 0 unspecified atom stereocenters. The zero-order valence-corrected chi connectivity index (χ0v) is 12.6. The highest BCUT2D eigenvalue weighted by atomic mass is 32.2. The van der Waals surface area contributed by atoms with Crippen LogP contribution in [0, 0.1) is 0 Å². The third-order valence-electron chi connectivity index (χ3n) is 2.84. The van der Waals surface area contributed by atoms with Crippen molar-refractivity contribution in [2.45, 2.75) is 12.4 Å². The monoisotopic (exact) mass is 301 g/mol. The molecule has 0 saturated carbocycles. The number of hydrogen-bond acceptors (Lipinski definition) is 3. The quantitative estimate of drug-likeness (QED) is 0.790. The smallest absolute Gasteiger partial charge is 0.407 e. The highest BCUT2D eigenvalue weighted by molar-refractivity contribution is 7.98. The zero-order chi connectivity index (χ0) is 14.8.